The lowest BCUT2D eigenvalue weighted by molar-refractivity contribution is -0.177. The summed E-state index contributed by atoms with van der Waals surface area (Å²) in [6, 6.07) is 0. The molecule has 0 spiro atoms. The molecule has 0 amide bonds. The van der Waals surface area contributed by atoms with E-state index in [0.717, 1.165) is 25.2 Å². The SMILES string of the molecule is CC(C)CCCCCCCCCCCCCCC(=O)OC(C)C(=O)OC(C)C(=O)OCC(C)O. The third kappa shape index (κ3) is 19.8. The molecular formula is C27H50O7. The van der Waals surface area contributed by atoms with Crippen LogP contribution in [0.25, 0.3) is 0 Å². The minimum absolute atomic E-state index is 0.177. The molecule has 0 aromatic heterocycles. The monoisotopic (exact) mass is 486 g/mol. The van der Waals surface area contributed by atoms with Crippen LogP contribution < -0.4 is 0 Å². The highest BCUT2D eigenvalue weighted by Crippen LogP contribution is 2.14. The van der Waals surface area contributed by atoms with Crippen LogP contribution in [-0.2, 0) is 28.6 Å². The first-order valence-corrected chi connectivity index (χ1v) is 13.4. The van der Waals surface area contributed by atoms with E-state index in [0.29, 0.717) is 0 Å². The van der Waals surface area contributed by atoms with E-state index in [-0.39, 0.29) is 13.0 Å². The van der Waals surface area contributed by atoms with Crippen molar-refractivity contribution in [3.63, 3.8) is 0 Å². The van der Waals surface area contributed by atoms with Crippen molar-refractivity contribution < 1.29 is 33.7 Å². The third-order valence-corrected chi connectivity index (χ3v) is 5.64. The molecule has 0 heterocycles. The summed E-state index contributed by atoms with van der Waals surface area (Å²) in [5.41, 5.74) is 0. The van der Waals surface area contributed by atoms with Gasteiger partial charge in [0.1, 0.15) is 6.61 Å². The van der Waals surface area contributed by atoms with Gasteiger partial charge in [-0.1, -0.05) is 90.9 Å². The van der Waals surface area contributed by atoms with Crippen molar-refractivity contribution in [3.8, 4) is 0 Å². The average molecular weight is 487 g/mol. The molecule has 3 unspecified atom stereocenters. The van der Waals surface area contributed by atoms with Crippen LogP contribution in [0.4, 0.5) is 0 Å². The van der Waals surface area contributed by atoms with Crippen LogP contribution in [0.1, 0.15) is 125 Å². The Kier molecular flexibility index (Phi) is 19.7. The summed E-state index contributed by atoms with van der Waals surface area (Å²) in [5.74, 6) is -1.17. The Morgan fingerprint density at radius 2 is 1.06 bits per heavy atom. The first-order chi connectivity index (χ1) is 16.1. The number of carbonyl (C=O) groups excluding carboxylic acids is 3. The highest BCUT2D eigenvalue weighted by atomic mass is 16.6. The van der Waals surface area contributed by atoms with E-state index in [1.54, 1.807) is 0 Å². The summed E-state index contributed by atoms with van der Waals surface area (Å²) in [7, 11) is 0. The van der Waals surface area contributed by atoms with Gasteiger partial charge in [-0.25, -0.2) is 9.59 Å². The van der Waals surface area contributed by atoms with E-state index in [9.17, 15) is 14.4 Å². The Morgan fingerprint density at radius 3 is 1.53 bits per heavy atom. The minimum atomic E-state index is -1.14. The first kappa shape index (κ1) is 32.4. The second-order valence-electron chi connectivity index (χ2n) is 9.87. The van der Waals surface area contributed by atoms with E-state index in [1.165, 1.54) is 85.0 Å². The number of ether oxygens (including phenoxy) is 3. The summed E-state index contributed by atoms with van der Waals surface area (Å²) in [6.45, 7) is 8.66. The maximum absolute atomic E-state index is 12.0. The zero-order valence-electron chi connectivity index (χ0n) is 22.3. The van der Waals surface area contributed by atoms with Crippen molar-refractivity contribution in [2.45, 2.75) is 143 Å². The fraction of sp³-hybridized carbons (Fsp3) is 0.889. The first-order valence-electron chi connectivity index (χ1n) is 13.4. The molecule has 0 saturated heterocycles. The van der Waals surface area contributed by atoms with E-state index in [2.05, 4.69) is 13.8 Å². The zero-order valence-corrected chi connectivity index (χ0v) is 22.3. The molecule has 0 aliphatic rings. The lowest BCUT2D eigenvalue weighted by atomic mass is 10.0. The van der Waals surface area contributed by atoms with Gasteiger partial charge in [-0.2, -0.15) is 0 Å². The molecule has 200 valence electrons. The fourth-order valence-corrected chi connectivity index (χ4v) is 3.53. The van der Waals surface area contributed by atoms with Gasteiger partial charge in [0.2, 0.25) is 0 Å². The van der Waals surface area contributed by atoms with Gasteiger partial charge >= 0.3 is 17.9 Å². The van der Waals surface area contributed by atoms with Crippen LogP contribution in [0.5, 0.6) is 0 Å². The van der Waals surface area contributed by atoms with Gasteiger partial charge < -0.3 is 19.3 Å². The standard InChI is InChI=1S/C27H50O7/c1-21(2)18-16-14-12-10-8-6-7-9-11-13-15-17-19-25(29)33-24(5)27(31)34-23(4)26(30)32-20-22(3)28/h21-24,28H,6-20H2,1-5H3. The van der Waals surface area contributed by atoms with Crippen LogP contribution in [-0.4, -0.2) is 47.9 Å². The summed E-state index contributed by atoms with van der Waals surface area (Å²) in [6.07, 6.45) is 13.3. The van der Waals surface area contributed by atoms with Crippen molar-refractivity contribution in [2.24, 2.45) is 5.92 Å². The van der Waals surface area contributed by atoms with Crippen molar-refractivity contribution in [2.75, 3.05) is 6.61 Å². The number of carbonyl (C=O) groups is 3. The Bertz CT molecular complexity index is 545. The minimum Gasteiger partial charge on any atom is -0.460 e. The van der Waals surface area contributed by atoms with E-state index < -0.39 is 36.2 Å². The molecule has 3 atom stereocenters. The normalized spacial score (nSPS) is 13.9. The maximum atomic E-state index is 12.0. The van der Waals surface area contributed by atoms with Crippen LogP contribution in [0.15, 0.2) is 0 Å². The lowest BCUT2D eigenvalue weighted by Gasteiger charge is -2.17. The number of hydrogen-bond acceptors (Lipinski definition) is 7. The van der Waals surface area contributed by atoms with Gasteiger partial charge in [0.05, 0.1) is 6.10 Å². The number of aliphatic hydroxyl groups is 1. The van der Waals surface area contributed by atoms with Crippen molar-refractivity contribution in [3.05, 3.63) is 0 Å². The van der Waals surface area contributed by atoms with E-state index in [4.69, 9.17) is 19.3 Å². The molecule has 7 heteroatoms. The number of hydrogen-bond donors (Lipinski definition) is 1. The molecule has 0 aromatic rings. The highest BCUT2D eigenvalue weighted by Gasteiger charge is 2.25. The molecule has 0 fully saturated rings. The van der Waals surface area contributed by atoms with Crippen LogP contribution in [0.3, 0.4) is 0 Å². The third-order valence-electron chi connectivity index (χ3n) is 5.64. The van der Waals surface area contributed by atoms with Crippen LogP contribution in [0.2, 0.25) is 0 Å². The largest absolute Gasteiger partial charge is 0.460 e. The Hall–Kier alpha value is -1.63. The van der Waals surface area contributed by atoms with Gasteiger partial charge in [-0.05, 0) is 33.1 Å². The number of rotatable bonds is 21. The van der Waals surface area contributed by atoms with Gasteiger partial charge in [0.25, 0.3) is 0 Å². The number of esters is 3. The molecule has 0 aliphatic heterocycles. The molecule has 1 N–H and O–H groups in total. The maximum Gasteiger partial charge on any atom is 0.347 e. The molecule has 0 aromatic carbocycles. The smallest absolute Gasteiger partial charge is 0.347 e. The van der Waals surface area contributed by atoms with Gasteiger partial charge in [0.15, 0.2) is 12.2 Å². The van der Waals surface area contributed by atoms with Gasteiger partial charge in [-0.3, -0.25) is 4.79 Å². The zero-order chi connectivity index (χ0) is 25.8. The van der Waals surface area contributed by atoms with Gasteiger partial charge in [0, 0.05) is 6.42 Å². The van der Waals surface area contributed by atoms with Crippen molar-refractivity contribution >= 4 is 17.9 Å². The van der Waals surface area contributed by atoms with E-state index >= 15 is 0 Å². The van der Waals surface area contributed by atoms with E-state index in [1.807, 2.05) is 0 Å². The molecular weight excluding hydrogens is 436 g/mol. The average Bonchev–Trinajstić information content (AvgIpc) is 2.77. The van der Waals surface area contributed by atoms with Crippen molar-refractivity contribution in [1.82, 2.24) is 0 Å². The molecule has 0 bridgehead atoms. The molecule has 0 saturated carbocycles. The molecule has 7 nitrogen and oxygen atoms in total. The lowest BCUT2D eigenvalue weighted by Crippen LogP contribution is -2.34. The number of unbranched alkanes of at least 4 members (excludes halogenated alkanes) is 11. The Balaban J connectivity index is 3.65. The molecule has 34 heavy (non-hydrogen) atoms. The predicted octanol–water partition coefficient (Wildman–Crippen LogP) is 5.89. The van der Waals surface area contributed by atoms with Crippen molar-refractivity contribution in [1.29, 1.82) is 0 Å². The summed E-state index contributed by atoms with van der Waals surface area (Å²) in [4.78, 5) is 35.6. The second-order valence-corrected chi connectivity index (χ2v) is 9.87. The van der Waals surface area contributed by atoms with Crippen LogP contribution >= 0.6 is 0 Å². The predicted molar refractivity (Wildman–Crippen MR) is 133 cm³/mol. The fourth-order valence-electron chi connectivity index (χ4n) is 3.53. The summed E-state index contributed by atoms with van der Waals surface area (Å²) in [5, 5.41) is 9.11. The van der Waals surface area contributed by atoms with Crippen LogP contribution in [0, 0.1) is 5.92 Å². The van der Waals surface area contributed by atoms with Gasteiger partial charge in [-0.15, -0.1) is 0 Å². The molecule has 0 radical (unpaired) electrons. The Labute approximate surface area is 207 Å². The second kappa shape index (κ2) is 20.7. The summed E-state index contributed by atoms with van der Waals surface area (Å²) >= 11 is 0. The molecule has 0 aliphatic carbocycles. The topological polar surface area (TPSA) is 99.1 Å². The summed E-state index contributed by atoms with van der Waals surface area (Å²) < 4.78 is 14.9. The molecule has 0 rings (SSSR count). The Morgan fingerprint density at radius 1 is 0.618 bits per heavy atom. The highest BCUT2D eigenvalue weighted by molar-refractivity contribution is 5.82. The number of aliphatic hydroxyl groups excluding tert-OH is 1. The quantitative estimate of drug-likeness (QED) is 0.123.